The standard InChI is InChI=1S/C32H52N6O8/c1-8-19-12-13-37(24(19)28(43)34-20(25(41)27(33)42)14-18-10-9-11-18)29(44)26(32(5,6)7)36-30(45)35-21(31(2,3)4)15-38-22(39)16-46-17-23(38)40/h18-21,24,26H,8-17H2,1-7H3,(H2,33,42)(H,34,43)(H2,35,36,45)/t19-,20?,21+,24-,26+/m0/s1. The van der Waals surface area contributed by atoms with Gasteiger partial charge in [-0.05, 0) is 35.5 Å². The molecular weight excluding hydrogens is 596 g/mol. The number of amides is 7. The summed E-state index contributed by atoms with van der Waals surface area (Å²) in [4.78, 5) is 93.1. The Labute approximate surface area is 271 Å². The van der Waals surface area contributed by atoms with Gasteiger partial charge in [0.2, 0.25) is 17.6 Å². The maximum atomic E-state index is 14.2. The second kappa shape index (κ2) is 14.9. The van der Waals surface area contributed by atoms with E-state index in [9.17, 15) is 33.6 Å². The Hall–Kier alpha value is -3.55. The van der Waals surface area contributed by atoms with Crippen molar-refractivity contribution in [2.45, 2.75) is 111 Å². The van der Waals surface area contributed by atoms with E-state index in [0.717, 1.165) is 24.2 Å². The largest absolute Gasteiger partial charge is 0.363 e. The molecule has 5 N–H and O–H groups in total. The van der Waals surface area contributed by atoms with Crippen LogP contribution < -0.4 is 21.7 Å². The number of carbonyl (C=O) groups excluding carboxylic acids is 7. The van der Waals surface area contributed by atoms with Gasteiger partial charge >= 0.3 is 6.03 Å². The number of nitrogens with two attached hydrogens (primary N) is 1. The first kappa shape index (κ1) is 36.9. The Balaban J connectivity index is 1.79. The topological polar surface area (TPSA) is 197 Å². The van der Waals surface area contributed by atoms with Crippen molar-refractivity contribution in [2.24, 2.45) is 28.4 Å². The van der Waals surface area contributed by atoms with E-state index in [0.29, 0.717) is 19.3 Å². The molecule has 0 aromatic carbocycles. The minimum Gasteiger partial charge on any atom is -0.363 e. The molecule has 0 aromatic rings. The highest BCUT2D eigenvalue weighted by Gasteiger charge is 2.47. The molecule has 1 unspecified atom stereocenters. The lowest BCUT2D eigenvalue weighted by atomic mass is 9.80. The van der Waals surface area contributed by atoms with Crippen LogP contribution >= 0.6 is 0 Å². The van der Waals surface area contributed by atoms with Crippen LogP contribution in [0.3, 0.4) is 0 Å². The van der Waals surface area contributed by atoms with Crippen molar-refractivity contribution in [3.63, 3.8) is 0 Å². The lowest BCUT2D eigenvalue weighted by Gasteiger charge is -2.39. The highest BCUT2D eigenvalue weighted by Crippen LogP contribution is 2.33. The van der Waals surface area contributed by atoms with Crippen LogP contribution in [0.2, 0.25) is 0 Å². The third-order valence-electron chi connectivity index (χ3n) is 9.43. The van der Waals surface area contributed by atoms with Crippen molar-refractivity contribution < 1.29 is 38.3 Å². The number of ether oxygens (including phenoxy) is 1. The smallest absolute Gasteiger partial charge is 0.315 e. The van der Waals surface area contributed by atoms with E-state index in [1.807, 2.05) is 27.7 Å². The van der Waals surface area contributed by atoms with Gasteiger partial charge in [0.05, 0.1) is 12.1 Å². The Morgan fingerprint density at radius 3 is 2.00 bits per heavy atom. The summed E-state index contributed by atoms with van der Waals surface area (Å²) >= 11 is 0. The van der Waals surface area contributed by atoms with E-state index in [-0.39, 0.29) is 38.1 Å². The first-order chi connectivity index (χ1) is 21.3. The van der Waals surface area contributed by atoms with Crippen LogP contribution in [-0.4, -0.2) is 102 Å². The van der Waals surface area contributed by atoms with Crippen molar-refractivity contribution >= 4 is 41.4 Å². The third kappa shape index (κ3) is 9.04. The molecule has 258 valence electrons. The number of rotatable bonds is 12. The Bertz CT molecular complexity index is 1190. The summed E-state index contributed by atoms with van der Waals surface area (Å²) < 4.78 is 5.00. The fourth-order valence-electron chi connectivity index (χ4n) is 6.20. The average Bonchev–Trinajstić information content (AvgIpc) is 3.36. The van der Waals surface area contributed by atoms with Gasteiger partial charge in [-0.1, -0.05) is 74.1 Å². The molecule has 2 saturated heterocycles. The van der Waals surface area contributed by atoms with Crippen molar-refractivity contribution in [1.29, 1.82) is 0 Å². The third-order valence-corrected chi connectivity index (χ3v) is 9.43. The zero-order valence-electron chi connectivity index (χ0n) is 28.3. The number of ketones is 1. The van der Waals surface area contributed by atoms with Crippen LogP contribution in [0.15, 0.2) is 0 Å². The summed E-state index contributed by atoms with van der Waals surface area (Å²) in [5, 5.41) is 8.40. The minimum atomic E-state index is -1.12. The Morgan fingerprint density at radius 1 is 0.913 bits per heavy atom. The van der Waals surface area contributed by atoms with Gasteiger partial charge in [-0.2, -0.15) is 0 Å². The quantitative estimate of drug-likeness (QED) is 0.176. The predicted octanol–water partition coefficient (Wildman–Crippen LogP) is 0.857. The first-order valence-corrected chi connectivity index (χ1v) is 16.3. The van der Waals surface area contributed by atoms with Crippen LogP contribution in [-0.2, 0) is 33.5 Å². The average molecular weight is 649 g/mol. The van der Waals surface area contributed by atoms with E-state index >= 15 is 0 Å². The molecule has 7 amide bonds. The van der Waals surface area contributed by atoms with Gasteiger partial charge in [-0.15, -0.1) is 0 Å². The van der Waals surface area contributed by atoms with Gasteiger partial charge in [0, 0.05) is 13.1 Å². The van der Waals surface area contributed by atoms with E-state index in [1.54, 1.807) is 20.8 Å². The van der Waals surface area contributed by atoms with Gasteiger partial charge < -0.3 is 31.3 Å². The molecule has 2 heterocycles. The highest BCUT2D eigenvalue weighted by molar-refractivity contribution is 6.37. The molecule has 1 saturated carbocycles. The molecule has 14 heteroatoms. The zero-order valence-corrected chi connectivity index (χ0v) is 28.3. The fourth-order valence-corrected chi connectivity index (χ4v) is 6.20. The number of hydrogen-bond donors (Lipinski definition) is 4. The van der Waals surface area contributed by atoms with Gasteiger partial charge in [-0.25, -0.2) is 4.79 Å². The molecule has 0 radical (unpaired) electrons. The normalized spacial score (nSPS) is 22.8. The molecule has 3 aliphatic rings. The van der Waals surface area contributed by atoms with Gasteiger partial charge in [0.15, 0.2) is 0 Å². The maximum Gasteiger partial charge on any atom is 0.315 e. The summed E-state index contributed by atoms with van der Waals surface area (Å²) in [6, 6.07) is -4.34. The number of imide groups is 1. The molecule has 5 atom stereocenters. The van der Waals surface area contributed by atoms with Gasteiger partial charge in [0.25, 0.3) is 17.7 Å². The molecular formula is C32H52N6O8. The summed E-state index contributed by atoms with van der Waals surface area (Å²) in [5.74, 6) is -3.93. The molecule has 3 rings (SSSR count). The van der Waals surface area contributed by atoms with Crippen LogP contribution in [0, 0.1) is 22.7 Å². The second-order valence-corrected chi connectivity index (χ2v) is 15.0. The minimum absolute atomic E-state index is 0.0648. The zero-order chi connectivity index (χ0) is 34.6. The maximum absolute atomic E-state index is 14.2. The number of carbonyl (C=O) groups is 7. The van der Waals surface area contributed by atoms with Gasteiger partial charge in [-0.3, -0.25) is 33.7 Å². The fraction of sp³-hybridized carbons (Fsp3) is 0.781. The number of hydrogen-bond acceptors (Lipinski definition) is 8. The molecule has 14 nitrogen and oxygen atoms in total. The number of likely N-dealkylation sites (tertiary alicyclic amines) is 1. The Morgan fingerprint density at radius 2 is 1.52 bits per heavy atom. The van der Waals surface area contributed by atoms with Crippen LogP contribution in [0.1, 0.15) is 87.0 Å². The van der Waals surface area contributed by atoms with E-state index in [2.05, 4.69) is 16.0 Å². The lowest BCUT2D eigenvalue weighted by Crippen LogP contribution is -2.63. The number of primary amides is 1. The van der Waals surface area contributed by atoms with Crippen LogP contribution in [0.4, 0.5) is 4.79 Å². The van der Waals surface area contributed by atoms with Crippen molar-refractivity contribution in [2.75, 3.05) is 26.3 Å². The van der Waals surface area contributed by atoms with E-state index in [4.69, 9.17) is 10.5 Å². The Kier molecular flexibility index (Phi) is 12.0. The number of nitrogens with zero attached hydrogens (tertiary/aromatic N) is 2. The molecule has 3 fully saturated rings. The van der Waals surface area contributed by atoms with E-state index < -0.39 is 76.3 Å². The van der Waals surface area contributed by atoms with Crippen molar-refractivity contribution in [3.05, 3.63) is 0 Å². The van der Waals surface area contributed by atoms with Gasteiger partial charge in [0.1, 0.15) is 25.3 Å². The number of Topliss-reactive ketones (excluding diaryl/α,β-unsaturated/α-hetero) is 1. The van der Waals surface area contributed by atoms with E-state index in [1.165, 1.54) is 4.90 Å². The summed E-state index contributed by atoms with van der Waals surface area (Å²) in [7, 11) is 0. The second-order valence-electron chi connectivity index (χ2n) is 15.0. The number of urea groups is 1. The highest BCUT2D eigenvalue weighted by atomic mass is 16.5. The molecule has 0 spiro atoms. The summed E-state index contributed by atoms with van der Waals surface area (Å²) in [6.07, 6.45) is 4.29. The molecule has 0 bridgehead atoms. The summed E-state index contributed by atoms with van der Waals surface area (Å²) in [5.41, 5.74) is 3.96. The SMILES string of the molecule is CC[C@H]1CCN(C(=O)[C@@H](NC(=O)N[C@H](CN2C(=O)COCC2=O)C(C)(C)C)C(C)(C)C)[C@@H]1C(=O)NC(CC1CCC1)C(=O)C(N)=O. The number of morpholine rings is 1. The number of nitrogens with one attached hydrogen (secondary N) is 3. The first-order valence-electron chi connectivity index (χ1n) is 16.3. The van der Waals surface area contributed by atoms with Crippen LogP contribution in [0.25, 0.3) is 0 Å². The predicted molar refractivity (Wildman–Crippen MR) is 168 cm³/mol. The molecule has 1 aliphatic carbocycles. The summed E-state index contributed by atoms with van der Waals surface area (Å²) in [6.45, 7) is 12.6. The molecule has 0 aromatic heterocycles. The molecule has 46 heavy (non-hydrogen) atoms. The van der Waals surface area contributed by atoms with Crippen molar-refractivity contribution in [1.82, 2.24) is 25.8 Å². The molecule has 2 aliphatic heterocycles. The van der Waals surface area contributed by atoms with Crippen LogP contribution in [0.5, 0.6) is 0 Å². The van der Waals surface area contributed by atoms with Crippen molar-refractivity contribution in [3.8, 4) is 0 Å². The lowest BCUT2D eigenvalue weighted by molar-refractivity contribution is -0.159. The monoisotopic (exact) mass is 648 g/mol.